The van der Waals surface area contributed by atoms with Gasteiger partial charge in [0.2, 0.25) is 10.0 Å². The average Bonchev–Trinajstić information content (AvgIpc) is 2.47. The first-order valence-corrected chi connectivity index (χ1v) is 8.43. The van der Waals surface area contributed by atoms with Gasteiger partial charge in [-0.1, -0.05) is 18.2 Å². The summed E-state index contributed by atoms with van der Waals surface area (Å²) in [6.45, 7) is 3.35. The zero-order valence-electron chi connectivity index (χ0n) is 12.7. The van der Waals surface area contributed by atoms with Gasteiger partial charge in [-0.25, -0.2) is 17.9 Å². The first-order valence-electron chi connectivity index (χ1n) is 6.88. The van der Waals surface area contributed by atoms with Gasteiger partial charge >= 0.3 is 0 Å². The summed E-state index contributed by atoms with van der Waals surface area (Å²) in [5, 5.41) is 7.87. The number of rotatable bonds is 4. The number of sulfonamides is 1. The van der Waals surface area contributed by atoms with Crippen molar-refractivity contribution in [2.24, 2.45) is 5.14 Å². The molecule has 0 aromatic heterocycles. The fourth-order valence-electron chi connectivity index (χ4n) is 2.16. The van der Waals surface area contributed by atoms with E-state index in [0.717, 1.165) is 5.56 Å². The lowest BCUT2D eigenvalue weighted by Gasteiger charge is -2.15. The number of benzene rings is 2. The minimum Gasteiger partial charge on any atom is -0.346 e. The number of amides is 1. The largest absolute Gasteiger partial charge is 0.346 e. The number of nitrogens with one attached hydrogen (secondary N) is 1. The second kappa shape index (κ2) is 6.47. The molecule has 0 aliphatic heterocycles. The summed E-state index contributed by atoms with van der Waals surface area (Å²) in [5.41, 5.74) is 1.39. The first kappa shape index (κ1) is 17.1. The van der Waals surface area contributed by atoms with Crippen LogP contribution >= 0.6 is 0 Å². The van der Waals surface area contributed by atoms with Gasteiger partial charge in [0.05, 0.1) is 10.9 Å². The summed E-state index contributed by atoms with van der Waals surface area (Å²) in [6, 6.07) is 9.70. The minimum absolute atomic E-state index is 0.0837. The van der Waals surface area contributed by atoms with Gasteiger partial charge in [-0.05, 0) is 49.2 Å². The molecule has 7 heteroatoms. The van der Waals surface area contributed by atoms with E-state index in [1.807, 2.05) is 0 Å². The van der Waals surface area contributed by atoms with E-state index in [1.54, 1.807) is 26.0 Å². The summed E-state index contributed by atoms with van der Waals surface area (Å²) in [4.78, 5) is 12.2. The van der Waals surface area contributed by atoms with Crippen LogP contribution in [0.15, 0.2) is 47.4 Å². The van der Waals surface area contributed by atoms with Crippen LogP contribution in [0.5, 0.6) is 0 Å². The number of carbonyl (C=O) groups excluding carboxylic acids is 1. The molecule has 0 aliphatic rings. The van der Waals surface area contributed by atoms with Crippen molar-refractivity contribution in [2.75, 3.05) is 0 Å². The van der Waals surface area contributed by atoms with Gasteiger partial charge in [0.1, 0.15) is 5.82 Å². The van der Waals surface area contributed by atoms with Crippen LogP contribution in [0.25, 0.3) is 0 Å². The predicted molar refractivity (Wildman–Crippen MR) is 84.8 cm³/mol. The Bertz CT molecular complexity index is 833. The highest BCUT2D eigenvalue weighted by Crippen LogP contribution is 2.17. The van der Waals surface area contributed by atoms with Crippen LogP contribution in [-0.4, -0.2) is 14.3 Å². The highest BCUT2D eigenvalue weighted by molar-refractivity contribution is 7.89. The molecule has 0 spiro atoms. The van der Waals surface area contributed by atoms with Gasteiger partial charge in [-0.3, -0.25) is 4.79 Å². The van der Waals surface area contributed by atoms with Crippen molar-refractivity contribution in [2.45, 2.75) is 24.8 Å². The smallest absolute Gasteiger partial charge is 0.251 e. The van der Waals surface area contributed by atoms with Gasteiger partial charge in [0.15, 0.2) is 0 Å². The summed E-state index contributed by atoms with van der Waals surface area (Å²) >= 11 is 0. The molecule has 2 rings (SSSR count). The van der Waals surface area contributed by atoms with Crippen molar-refractivity contribution in [1.29, 1.82) is 0 Å². The fraction of sp³-hybridized carbons (Fsp3) is 0.188. The Labute approximate surface area is 134 Å². The number of hydrogen-bond acceptors (Lipinski definition) is 3. The molecule has 0 radical (unpaired) electrons. The molecule has 122 valence electrons. The molecule has 2 aromatic rings. The Hall–Kier alpha value is -2.25. The molecule has 1 atom stereocenters. The predicted octanol–water partition coefficient (Wildman–Crippen LogP) is 2.27. The maximum Gasteiger partial charge on any atom is 0.251 e. The van der Waals surface area contributed by atoms with Crippen LogP contribution < -0.4 is 10.5 Å². The van der Waals surface area contributed by atoms with E-state index >= 15 is 0 Å². The molecule has 0 bridgehead atoms. The van der Waals surface area contributed by atoms with Gasteiger partial charge < -0.3 is 5.32 Å². The number of halogens is 1. The van der Waals surface area contributed by atoms with Crippen molar-refractivity contribution in [1.82, 2.24) is 5.32 Å². The van der Waals surface area contributed by atoms with E-state index in [4.69, 9.17) is 5.14 Å². The molecular weight excluding hydrogens is 319 g/mol. The van der Waals surface area contributed by atoms with Gasteiger partial charge in [-0.15, -0.1) is 0 Å². The van der Waals surface area contributed by atoms with Gasteiger partial charge in [0.25, 0.3) is 5.91 Å². The van der Waals surface area contributed by atoms with Crippen molar-refractivity contribution >= 4 is 15.9 Å². The second-order valence-corrected chi connectivity index (χ2v) is 6.80. The Morgan fingerprint density at radius 1 is 1.17 bits per heavy atom. The van der Waals surface area contributed by atoms with Crippen LogP contribution in [0.4, 0.5) is 4.39 Å². The molecule has 23 heavy (non-hydrogen) atoms. The number of carbonyl (C=O) groups is 1. The number of hydrogen-bond donors (Lipinski definition) is 2. The molecule has 0 aliphatic carbocycles. The Morgan fingerprint density at radius 3 is 2.35 bits per heavy atom. The molecular formula is C16H17FN2O3S. The molecule has 3 N–H and O–H groups in total. The van der Waals surface area contributed by atoms with Crippen molar-refractivity contribution in [3.63, 3.8) is 0 Å². The monoisotopic (exact) mass is 336 g/mol. The van der Waals surface area contributed by atoms with Crippen molar-refractivity contribution in [3.05, 3.63) is 65.0 Å². The maximum atomic E-state index is 12.9. The zero-order valence-corrected chi connectivity index (χ0v) is 13.5. The molecule has 1 amide bonds. The summed E-state index contributed by atoms with van der Waals surface area (Å²) in [7, 11) is -3.90. The van der Waals surface area contributed by atoms with Crippen molar-refractivity contribution in [3.8, 4) is 0 Å². The van der Waals surface area contributed by atoms with Gasteiger partial charge in [-0.2, -0.15) is 0 Å². The number of primary sulfonamides is 1. The van der Waals surface area contributed by atoms with Gasteiger partial charge in [0, 0.05) is 5.56 Å². The van der Waals surface area contributed by atoms with Crippen LogP contribution in [0.2, 0.25) is 0 Å². The lowest BCUT2D eigenvalue weighted by Crippen LogP contribution is -2.27. The van der Waals surface area contributed by atoms with E-state index < -0.39 is 15.9 Å². The third kappa shape index (κ3) is 4.14. The molecule has 0 saturated carbocycles. The van der Waals surface area contributed by atoms with Crippen molar-refractivity contribution < 1.29 is 17.6 Å². The molecule has 5 nitrogen and oxygen atoms in total. The standard InChI is InChI=1S/C16H17FN2O3S/c1-10-3-4-13(9-15(10)23(18,21)22)16(20)19-11(2)12-5-7-14(17)8-6-12/h3-9,11H,1-2H3,(H,19,20)(H2,18,21,22)/t11-/m1/s1. The first-order chi connectivity index (χ1) is 10.7. The summed E-state index contributed by atoms with van der Waals surface area (Å²) < 4.78 is 35.9. The summed E-state index contributed by atoms with van der Waals surface area (Å²) in [6.07, 6.45) is 0. The zero-order chi connectivity index (χ0) is 17.2. The Kier molecular flexibility index (Phi) is 4.82. The molecule has 2 aromatic carbocycles. The topological polar surface area (TPSA) is 89.3 Å². The van der Waals surface area contributed by atoms with Crippen LogP contribution in [0.1, 0.15) is 34.5 Å². The quantitative estimate of drug-likeness (QED) is 0.897. The minimum atomic E-state index is -3.90. The van der Waals surface area contributed by atoms with E-state index in [0.29, 0.717) is 5.56 Å². The third-order valence-corrected chi connectivity index (χ3v) is 4.53. The summed E-state index contributed by atoms with van der Waals surface area (Å²) in [5.74, 6) is -0.796. The average molecular weight is 336 g/mol. The molecule has 0 unspecified atom stereocenters. The highest BCUT2D eigenvalue weighted by Gasteiger charge is 2.17. The van der Waals surface area contributed by atoms with E-state index in [9.17, 15) is 17.6 Å². The van der Waals surface area contributed by atoms with E-state index in [2.05, 4.69) is 5.32 Å². The Balaban J connectivity index is 2.22. The van der Waals surface area contributed by atoms with Crippen LogP contribution in [-0.2, 0) is 10.0 Å². The lowest BCUT2D eigenvalue weighted by molar-refractivity contribution is 0.0939. The second-order valence-electron chi connectivity index (χ2n) is 5.27. The highest BCUT2D eigenvalue weighted by atomic mass is 32.2. The normalized spacial score (nSPS) is 12.7. The maximum absolute atomic E-state index is 12.9. The Morgan fingerprint density at radius 2 is 1.78 bits per heavy atom. The third-order valence-electron chi connectivity index (χ3n) is 3.47. The number of nitrogens with two attached hydrogens (primary N) is 1. The lowest BCUT2D eigenvalue weighted by atomic mass is 10.1. The number of aryl methyl sites for hydroxylation is 1. The van der Waals surface area contributed by atoms with Crippen LogP contribution in [0, 0.1) is 12.7 Å². The molecule has 0 saturated heterocycles. The van der Waals surface area contributed by atoms with E-state index in [1.165, 1.54) is 30.3 Å². The SMILES string of the molecule is Cc1ccc(C(=O)N[C@H](C)c2ccc(F)cc2)cc1S(N)(=O)=O. The van der Waals surface area contributed by atoms with Crippen LogP contribution in [0.3, 0.4) is 0 Å². The molecule has 0 heterocycles. The van der Waals surface area contributed by atoms with E-state index in [-0.39, 0.29) is 22.3 Å². The molecule has 0 fully saturated rings. The fourth-order valence-corrected chi connectivity index (χ4v) is 2.97.